The SMILES string of the molecule is O=C(OCC1c2ccccc2-c2ccccc21)N1CC(COCc2ccccc2)(C(=O)O)C1. The predicted molar refractivity (Wildman–Crippen MR) is 123 cm³/mol. The number of carboxylic acid groups (broad SMARTS) is 1. The molecule has 1 N–H and O–H groups in total. The maximum absolute atomic E-state index is 12.7. The predicted octanol–water partition coefficient (Wildman–Crippen LogP) is 4.54. The van der Waals surface area contributed by atoms with E-state index >= 15 is 0 Å². The molecule has 3 aromatic carbocycles. The number of amides is 1. The summed E-state index contributed by atoms with van der Waals surface area (Å²) in [6, 6.07) is 25.9. The van der Waals surface area contributed by atoms with E-state index < -0.39 is 17.5 Å². The number of carbonyl (C=O) groups excluding carboxylic acids is 1. The van der Waals surface area contributed by atoms with Crippen LogP contribution in [0, 0.1) is 5.41 Å². The van der Waals surface area contributed by atoms with Gasteiger partial charge in [-0.1, -0.05) is 78.9 Å². The molecule has 0 aromatic heterocycles. The molecule has 0 spiro atoms. The normalized spacial score (nSPS) is 15.9. The minimum absolute atomic E-state index is 0.0268. The molecule has 168 valence electrons. The van der Waals surface area contributed by atoms with Crippen molar-refractivity contribution in [1.29, 1.82) is 0 Å². The molecule has 1 fully saturated rings. The Morgan fingerprint density at radius 3 is 2.06 bits per heavy atom. The van der Waals surface area contributed by atoms with Gasteiger partial charge in [-0.05, 0) is 27.8 Å². The van der Waals surface area contributed by atoms with Gasteiger partial charge in [0.2, 0.25) is 0 Å². The van der Waals surface area contributed by atoms with Gasteiger partial charge in [-0.25, -0.2) is 4.79 Å². The highest BCUT2D eigenvalue weighted by atomic mass is 16.6. The Labute approximate surface area is 192 Å². The highest BCUT2D eigenvalue weighted by Gasteiger charge is 2.52. The summed E-state index contributed by atoms with van der Waals surface area (Å²) in [6.07, 6.45) is -0.489. The van der Waals surface area contributed by atoms with Crippen molar-refractivity contribution in [3.63, 3.8) is 0 Å². The van der Waals surface area contributed by atoms with Crippen LogP contribution in [-0.2, 0) is 20.9 Å². The summed E-state index contributed by atoms with van der Waals surface area (Å²) in [6.45, 7) is 0.751. The topological polar surface area (TPSA) is 76.1 Å². The molecule has 2 aliphatic rings. The third kappa shape index (κ3) is 3.98. The van der Waals surface area contributed by atoms with Crippen LogP contribution in [0.15, 0.2) is 78.9 Å². The van der Waals surface area contributed by atoms with Crippen LogP contribution >= 0.6 is 0 Å². The number of hydrogen-bond acceptors (Lipinski definition) is 4. The number of carbonyl (C=O) groups is 2. The van der Waals surface area contributed by atoms with E-state index in [0.29, 0.717) is 6.61 Å². The Kier molecular flexibility index (Phi) is 5.60. The number of aliphatic carboxylic acids is 1. The second-order valence-corrected chi connectivity index (χ2v) is 8.72. The number of hydrogen-bond donors (Lipinski definition) is 1. The molecule has 0 atom stereocenters. The lowest BCUT2D eigenvalue weighted by Crippen LogP contribution is -2.64. The Hall–Kier alpha value is -3.64. The molecular formula is C27H25NO5. The first-order chi connectivity index (χ1) is 16.1. The smallest absolute Gasteiger partial charge is 0.409 e. The number of nitrogens with zero attached hydrogens (tertiary/aromatic N) is 1. The molecule has 0 saturated carbocycles. The molecule has 6 nitrogen and oxygen atoms in total. The Morgan fingerprint density at radius 1 is 0.879 bits per heavy atom. The van der Waals surface area contributed by atoms with Gasteiger partial charge in [0.05, 0.1) is 13.2 Å². The average molecular weight is 443 g/mol. The van der Waals surface area contributed by atoms with Crippen LogP contribution in [0.25, 0.3) is 11.1 Å². The maximum Gasteiger partial charge on any atom is 0.409 e. The first kappa shape index (κ1) is 21.2. The minimum atomic E-state index is -1.10. The van der Waals surface area contributed by atoms with Crippen molar-refractivity contribution in [2.75, 3.05) is 26.3 Å². The maximum atomic E-state index is 12.7. The highest BCUT2D eigenvalue weighted by Crippen LogP contribution is 2.44. The van der Waals surface area contributed by atoms with Crippen molar-refractivity contribution in [2.24, 2.45) is 5.41 Å². The lowest BCUT2D eigenvalue weighted by atomic mass is 9.81. The lowest BCUT2D eigenvalue weighted by molar-refractivity contribution is -0.166. The van der Waals surface area contributed by atoms with Crippen molar-refractivity contribution in [1.82, 2.24) is 4.90 Å². The number of ether oxygens (including phenoxy) is 2. The molecule has 1 aliphatic heterocycles. The summed E-state index contributed by atoms with van der Waals surface area (Å²) >= 11 is 0. The fourth-order valence-electron chi connectivity index (χ4n) is 4.73. The van der Waals surface area contributed by atoms with Gasteiger partial charge >= 0.3 is 12.1 Å². The van der Waals surface area contributed by atoms with Crippen molar-refractivity contribution in [3.8, 4) is 11.1 Å². The molecule has 5 rings (SSSR count). The van der Waals surface area contributed by atoms with E-state index in [4.69, 9.17) is 9.47 Å². The molecule has 0 unspecified atom stereocenters. The number of likely N-dealkylation sites (tertiary alicyclic amines) is 1. The van der Waals surface area contributed by atoms with Crippen LogP contribution in [0.4, 0.5) is 4.79 Å². The van der Waals surface area contributed by atoms with E-state index in [1.54, 1.807) is 0 Å². The Balaban J connectivity index is 1.18. The molecule has 0 radical (unpaired) electrons. The molecule has 3 aromatic rings. The first-order valence-corrected chi connectivity index (χ1v) is 11.0. The molecule has 0 bridgehead atoms. The second-order valence-electron chi connectivity index (χ2n) is 8.72. The molecule has 33 heavy (non-hydrogen) atoms. The van der Waals surface area contributed by atoms with Crippen molar-refractivity contribution in [2.45, 2.75) is 12.5 Å². The molecular weight excluding hydrogens is 418 g/mol. The first-order valence-electron chi connectivity index (χ1n) is 11.0. The van der Waals surface area contributed by atoms with Crippen molar-refractivity contribution >= 4 is 12.1 Å². The van der Waals surface area contributed by atoms with Gasteiger partial charge < -0.3 is 19.5 Å². The van der Waals surface area contributed by atoms with Crippen LogP contribution in [0.3, 0.4) is 0 Å². The van der Waals surface area contributed by atoms with Crippen LogP contribution in [0.1, 0.15) is 22.6 Å². The summed E-state index contributed by atoms with van der Waals surface area (Å²) < 4.78 is 11.3. The quantitative estimate of drug-likeness (QED) is 0.580. The average Bonchev–Trinajstić information content (AvgIpc) is 3.13. The van der Waals surface area contributed by atoms with E-state index in [-0.39, 0.29) is 32.2 Å². The highest BCUT2D eigenvalue weighted by molar-refractivity contribution is 5.81. The van der Waals surface area contributed by atoms with Crippen LogP contribution in [0.2, 0.25) is 0 Å². The fraction of sp³-hybridized carbons (Fsp3) is 0.259. The number of benzene rings is 3. The van der Waals surface area contributed by atoms with Gasteiger partial charge in [-0.3, -0.25) is 4.79 Å². The summed E-state index contributed by atoms with van der Waals surface area (Å²) in [4.78, 5) is 26.0. The van der Waals surface area contributed by atoms with Crippen molar-refractivity contribution < 1.29 is 24.2 Å². The summed E-state index contributed by atoms with van der Waals surface area (Å²) in [5, 5.41) is 9.74. The van der Waals surface area contributed by atoms with Gasteiger partial charge in [-0.15, -0.1) is 0 Å². The molecule has 6 heteroatoms. The second kappa shape index (κ2) is 8.71. The van der Waals surface area contributed by atoms with Gasteiger partial charge in [0, 0.05) is 19.0 Å². The fourth-order valence-corrected chi connectivity index (χ4v) is 4.73. The van der Waals surface area contributed by atoms with Crippen LogP contribution in [-0.4, -0.2) is 48.4 Å². The molecule has 1 heterocycles. The van der Waals surface area contributed by atoms with E-state index in [9.17, 15) is 14.7 Å². The summed E-state index contributed by atoms with van der Waals surface area (Å²) in [5.41, 5.74) is 4.50. The zero-order valence-electron chi connectivity index (χ0n) is 18.1. The van der Waals surface area contributed by atoms with E-state index in [1.165, 1.54) is 16.0 Å². The zero-order valence-corrected chi connectivity index (χ0v) is 18.1. The molecule has 1 amide bonds. The van der Waals surface area contributed by atoms with Crippen LogP contribution < -0.4 is 0 Å². The van der Waals surface area contributed by atoms with Gasteiger partial charge in [-0.2, -0.15) is 0 Å². The Morgan fingerprint density at radius 2 is 1.45 bits per heavy atom. The van der Waals surface area contributed by atoms with E-state index in [1.807, 2.05) is 54.6 Å². The summed E-state index contributed by atoms with van der Waals surface area (Å²) in [5.74, 6) is -0.987. The lowest BCUT2D eigenvalue weighted by Gasteiger charge is -2.45. The van der Waals surface area contributed by atoms with E-state index in [2.05, 4.69) is 24.3 Å². The van der Waals surface area contributed by atoms with Crippen molar-refractivity contribution in [3.05, 3.63) is 95.6 Å². The largest absolute Gasteiger partial charge is 0.481 e. The van der Waals surface area contributed by atoms with Gasteiger partial charge in [0.1, 0.15) is 12.0 Å². The number of fused-ring (bicyclic) bond motifs is 3. The van der Waals surface area contributed by atoms with Gasteiger partial charge in [0.25, 0.3) is 0 Å². The third-order valence-electron chi connectivity index (χ3n) is 6.52. The number of rotatable bonds is 7. The molecule has 1 saturated heterocycles. The summed E-state index contributed by atoms with van der Waals surface area (Å²) in [7, 11) is 0. The Bertz CT molecular complexity index is 1120. The third-order valence-corrected chi connectivity index (χ3v) is 6.52. The molecule has 1 aliphatic carbocycles. The zero-order chi connectivity index (χ0) is 22.8. The minimum Gasteiger partial charge on any atom is -0.481 e. The van der Waals surface area contributed by atoms with E-state index in [0.717, 1.165) is 16.7 Å². The standard InChI is InChI=1S/C27H25NO5/c29-25(30)27(18-32-14-19-8-2-1-3-9-19)16-28(17-27)26(31)33-15-24-22-12-6-4-10-20(22)21-11-5-7-13-23(21)24/h1-13,24H,14-18H2,(H,29,30). The number of carboxylic acids is 1. The van der Waals surface area contributed by atoms with Crippen LogP contribution in [0.5, 0.6) is 0 Å². The monoisotopic (exact) mass is 443 g/mol. The van der Waals surface area contributed by atoms with Gasteiger partial charge in [0.15, 0.2) is 0 Å².